The molecule has 1 atom stereocenters. The molecule has 0 heterocycles. The molecule has 19 heavy (non-hydrogen) atoms. The fraction of sp³-hybridized carbons (Fsp3) is 0.429. The zero-order valence-electron chi connectivity index (χ0n) is 11.3. The number of hydrogen-bond acceptors (Lipinski definition) is 4. The highest BCUT2D eigenvalue weighted by atomic mass is 16.5. The number of nitrogens with zero attached hydrogens (tertiary/aromatic N) is 2. The summed E-state index contributed by atoms with van der Waals surface area (Å²) in [6.07, 6.45) is 0.281. The minimum atomic E-state index is -0.163. The number of carbonyl (C=O) groups is 1. The highest BCUT2D eigenvalue weighted by Gasteiger charge is 2.11. The molecule has 5 heteroatoms. The van der Waals surface area contributed by atoms with Gasteiger partial charge < -0.3 is 15.4 Å². The molecule has 0 radical (unpaired) electrons. The Kier molecular flexibility index (Phi) is 5.68. The third-order valence-corrected chi connectivity index (χ3v) is 2.64. The summed E-state index contributed by atoms with van der Waals surface area (Å²) in [6, 6.07) is 9.18. The largest absolute Gasteiger partial charge is 0.493 e. The van der Waals surface area contributed by atoms with Crippen molar-refractivity contribution in [1.29, 1.82) is 5.26 Å². The van der Waals surface area contributed by atoms with E-state index in [4.69, 9.17) is 15.7 Å². The van der Waals surface area contributed by atoms with E-state index >= 15 is 0 Å². The maximum Gasteiger partial charge on any atom is 0.225 e. The second-order valence-corrected chi connectivity index (χ2v) is 4.48. The Morgan fingerprint density at radius 1 is 1.58 bits per heavy atom. The van der Waals surface area contributed by atoms with Crippen molar-refractivity contribution in [2.75, 3.05) is 25.9 Å². The number of hydrogen-bond donors (Lipinski definition) is 1. The van der Waals surface area contributed by atoms with Crippen molar-refractivity contribution in [2.24, 2.45) is 5.92 Å². The zero-order chi connectivity index (χ0) is 14.3. The predicted molar refractivity (Wildman–Crippen MR) is 73.4 cm³/mol. The summed E-state index contributed by atoms with van der Waals surface area (Å²) in [5.41, 5.74) is 6.25. The Bertz CT molecular complexity index is 468. The Morgan fingerprint density at radius 2 is 2.32 bits per heavy atom. The van der Waals surface area contributed by atoms with E-state index in [0.29, 0.717) is 24.6 Å². The van der Waals surface area contributed by atoms with Crippen molar-refractivity contribution in [3.8, 4) is 11.8 Å². The van der Waals surface area contributed by atoms with Crippen molar-refractivity contribution in [2.45, 2.75) is 13.3 Å². The topological polar surface area (TPSA) is 79.3 Å². The lowest BCUT2D eigenvalue weighted by Gasteiger charge is -2.18. The number of amides is 1. The first-order valence-corrected chi connectivity index (χ1v) is 6.15. The molecule has 1 amide bonds. The second-order valence-electron chi connectivity index (χ2n) is 4.48. The molecule has 0 spiro atoms. The number of nitrogen functional groups attached to an aromatic ring is 1. The molecule has 5 nitrogen and oxygen atoms in total. The summed E-state index contributed by atoms with van der Waals surface area (Å²) in [4.78, 5) is 13.3. The number of nitrogens with two attached hydrogens (primary N) is 1. The maximum atomic E-state index is 11.8. The van der Waals surface area contributed by atoms with E-state index in [1.165, 1.54) is 0 Å². The first kappa shape index (κ1) is 14.8. The molecule has 0 aromatic heterocycles. The zero-order valence-corrected chi connectivity index (χ0v) is 11.3. The summed E-state index contributed by atoms with van der Waals surface area (Å²) >= 11 is 0. The Hall–Kier alpha value is -2.22. The normalized spacial score (nSPS) is 11.4. The first-order chi connectivity index (χ1) is 9.02. The lowest BCUT2D eigenvalue weighted by molar-refractivity contribution is -0.130. The highest BCUT2D eigenvalue weighted by molar-refractivity contribution is 5.76. The smallest absolute Gasteiger partial charge is 0.225 e. The van der Waals surface area contributed by atoms with Crippen molar-refractivity contribution < 1.29 is 9.53 Å². The molecule has 0 aliphatic heterocycles. The number of nitriles is 1. The van der Waals surface area contributed by atoms with E-state index in [1.54, 1.807) is 43.1 Å². The van der Waals surface area contributed by atoms with Gasteiger partial charge >= 0.3 is 0 Å². The fourth-order valence-corrected chi connectivity index (χ4v) is 1.60. The minimum absolute atomic E-state index is 0.0361. The predicted octanol–water partition coefficient (Wildman–Crippen LogP) is 1.66. The van der Waals surface area contributed by atoms with Gasteiger partial charge in [0.1, 0.15) is 5.75 Å². The third-order valence-electron chi connectivity index (χ3n) is 2.64. The molecule has 102 valence electrons. The van der Waals surface area contributed by atoms with Crippen molar-refractivity contribution >= 4 is 11.6 Å². The van der Waals surface area contributed by atoms with E-state index in [-0.39, 0.29) is 18.2 Å². The van der Waals surface area contributed by atoms with Crippen molar-refractivity contribution in [3.63, 3.8) is 0 Å². The molecule has 0 saturated heterocycles. The van der Waals surface area contributed by atoms with Crippen LogP contribution >= 0.6 is 0 Å². The van der Waals surface area contributed by atoms with E-state index in [2.05, 4.69) is 6.07 Å². The molecule has 0 fully saturated rings. The Morgan fingerprint density at radius 3 is 2.95 bits per heavy atom. The van der Waals surface area contributed by atoms with Gasteiger partial charge in [0.25, 0.3) is 0 Å². The van der Waals surface area contributed by atoms with Gasteiger partial charge in [-0.05, 0) is 19.1 Å². The van der Waals surface area contributed by atoms with Crippen LogP contribution in [-0.4, -0.2) is 31.0 Å². The Balaban J connectivity index is 2.33. The van der Waals surface area contributed by atoms with Crippen LogP contribution in [0.1, 0.15) is 13.3 Å². The van der Waals surface area contributed by atoms with Crippen LogP contribution in [0.25, 0.3) is 0 Å². The van der Waals surface area contributed by atoms with Gasteiger partial charge in [0.05, 0.1) is 25.0 Å². The number of rotatable bonds is 6. The van der Waals surface area contributed by atoms with E-state index < -0.39 is 0 Å². The van der Waals surface area contributed by atoms with Crippen LogP contribution in [0.5, 0.6) is 5.75 Å². The van der Waals surface area contributed by atoms with Gasteiger partial charge in [0.2, 0.25) is 5.91 Å². The second kappa shape index (κ2) is 7.27. The molecule has 0 aliphatic carbocycles. The molecule has 1 rings (SSSR count). The summed E-state index contributed by atoms with van der Waals surface area (Å²) in [7, 11) is 1.69. The number of carbonyl (C=O) groups excluding carboxylic acids is 1. The summed E-state index contributed by atoms with van der Waals surface area (Å²) in [5.74, 6) is 0.454. The van der Waals surface area contributed by atoms with Crippen LogP contribution < -0.4 is 10.5 Å². The highest BCUT2D eigenvalue weighted by Crippen LogP contribution is 2.14. The van der Waals surface area contributed by atoms with Crippen LogP contribution in [-0.2, 0) is 4.79 Å². The van der Waals surface area contributed by atoms with E-state index in [0.717, 1.165) is 0 Å². The van der Waals surface area contributed by atoms with E-state index in [9.17, 15) is 4.79 Å². The van der Waals surface area contributed by atoms with Gasteiger partial charge in [-0.2, -0.15) is 5.26 Å². The molecule has 0 saturated carbocycles. The number of ether oxygens (including phenoxy) is 1. The van der Waals surface area contributed by atoms with Gasteiger partial charge in [0.15, 0.2) is 0 Å². The van der Waals surface area contributed by atoms with Gasteiger partial charge in [-0.25, -0.2) is 0 Å². The number of anilines is 1. The average molecular weight is 261 g/mol. The summed E-state index contributed by atoms with van der Waals surface area (Å²) in [6.45, 7) is 2.52. The van der Waals surface area contributed by atoms with Crippen molar-refractivity contribution in [3.05, 3.63) is 24.3 Å². The van der Waals surface area contributed by atoms with Crippen LogP contribution in [0, 0.1) is 17.2 Å². The van der Waals surface area contributed by atoms with Gasteiger partial charge in [-0.15, -0.1) is 0 Å². The SMILES string of the molecule is CC(C#N)CN(C)C(=O)CCOc1cccc(N)c1. The van der Waals surface area contributed by atoms with Crippen LogP contribution in [0.3, 0.4) is 0 Å². The monoisotopic (exact) mass is 261 g/mol. The maximum absolute atomic E-state index is 11.8. The standard InChI is InChI=1S/C14H19N3O2/c1-11(9-15)10-17(2)14(18)6-7-19-13-5-3-4-12(16)8-13/h3-5,8,11H,6-7,10,16H2,1-2H3. The number of benzene rings is 1. The molecular formula is C14H19N3O2. The van der Waals surface area contributed by atoms with Crippen LogP contribution in [0.2, 0.25) is 0 Å². The van der Waals surface area contributed by atoms with Crippen molar-refractivity contribution in [1.82, 2.24) is 4.90 Å². The molecule has 2 N–H and O–H groups in total. The first-order valence-electron chi connectivity index (χ1n) is 6.15. The molecule has 1 unspecified atom stereocenters. The molecule has 1 aromatic carbocycles. The summed E-state index contributed by atoms with van der Waals surface area (Å²) < 4.78 is 5.45. The van der Waals surface area contributed by atoms with Gasteiger partial charge in [-0.1, -0.05) is 6.07 Å². The minimum Gasteiger partial charge on any atom is -0.493 e. The van der Waals surface area contributed by atoms with Gasteiger partial charge in [0, 0.05) is 25.3 Å². The molecule has 0 aliphatic rings. The fourth-order valence-electron chi connectivity index (χ4n) is 1.60. The Labute approximate surface area is 113 Å². The van der Waals surface area contributed by atoms with Gasteiger partial charge in [-0.3, -0.25) is 4.79 Å². The molecular weight excluding hydrogens is 242 g/mol. The lowest BCUT2D eigenvalue weighted by atomic mass is 10.2. The van der Waals surface area contributed by atoms with Crippen LogP contribution in [0.15, 0.2) is 24.3 Å². The van der Waals surface area contributed by atoms with Crippen LogP contribution in [0.4, 0.5) is 5.69 Å². The third kappa shape index (κ3) is 5.30. The summed E-state index contributed by atoms with van der Waals surface area (Å²) in [5, 5.41) is 8.69. The van der Waals surface area contributed by atoms with E-state index in [1.807, 2.05) is 0 Å². The average Bonchev–Trinajstić information content (AvgIpc) is 2.38. The molecule has 1 aromatic rings. The lowest BCUT2D eigenvalue weighted by Crippen LogP contribution is -2.31. The molecule has 0 bridgehead atoms. The quantitative estimate of drug-likeness (QED) is 0.790.